The first-order chi connectivity index (χ1) is 13.5. The Balaban J connectivity index is 1.92. The van der Waals surface area contributed by atoms with E-state index in [9.17, 15) is 5.11 Å². The van der Waals surface area contributed by atoms with Crippen molar-refractivity contribution in [1.82, 2.24) is 15.0 Å². The lowest BCUT2D eigenvalue weighted by Crippen LogP contribution is -2.26. The first kappa shape index (κ1) is 20.8. The Morgan fingerprint density at radius 2 is 1.96 bits per heavy atom. The van der Waals surface area contributed by atoms with Gasteiger partial charge in [0.05, 0.1) is 12.6 Å². The fraction of sp³-hybridized carbons (Fsp3) is 0.421. The van der Waals surface area contributed by atoms with Gasteiger partial charge in [-0.15, -0.1) is 0 Å². The summed E-state index contributed by atoms with van der Waals surface area (Å²) in [4.78, 5) is 13.6. The Morgan fingerprint density at radius 3 is 2.61 bits per heavy atom. The van der Waals surface area contributed by atoms with E-state index in [4.69, 9.17) is 10.5 Å². The van der Waals surface area contributed by atoms with E-state index in [-0.39, 0.29) is 18.1 Å². The molecule has 2 atom stereocenters. The summed E-state index contributed by atoms with van der Waals surface area (Å²) in [6, 6.07) is 9.81. The number of aliphatic hydroxyl groups is 1. The molecule has 1 aromatic carbocycles. The van der Waals surface area contributed by atoms with Gasteiger partial charge in [0.2, 0.25) is 0 Å². The van der Waals surface area contributed by atoms with Gasteiger partial charge in [-0.05, 0) is 29.7 Å². The van der Waals surface area contributed by atoms with Crippen molar-refractivity contribution in [3.05, 3.63) is 35.9 Å². The summed E-state index contributed by atoms with van der Waals surface area (Å²) in [5.41, 5.74) is 7.23. The summed E-state index contributed by atoms with van der Waals surface area (Å²) in [5, 5.41) is 14.1. The van der Waals surface area contributed by atoms with Crippen molar-refractivity contribution in [2.24, 2.45) is 5.92 Å². The molecule has 0 saturated heterocycles. The van der Waals surface area contributed by atoms with Gasteiger partial charge < -0.3 is 20.9 Å². The number of thiazole rings is 1. The third-order valence-corrected chi connectivity index (χ3v) is 6.02. The van der Waals surface area contributed by atoms with E-state index in [0.717, 1.165) is 16.7 Å². The molecule has 0 amide bonds. The molecule has 0 radical (unpaired) electrons. The number of anilines is 2. The molecule has 150 valence electrons. The zero-order valence-corrected chi connectivity index (χ0v) is 17.8. The van der Waals surface area contributed by atoms with Crippen LogP contribution in [0.2, 0.25) is 0 Å². The largest absolute Gasteiger partial charge is 0.394 e. The van der Waals surface area contributed by atoms with Gasteiger partial charge in [0.25, 0.3) is 0 Å². The van der Waals surface area contributed by atoms with Crippen LogP contribution in [0.25, 0.3) is 10.3 Å². The van der Waals surface area contributed by atoms with Crippen molar-refractivity contribution in [3.63, 3.8) is 0 Å². The van der Waals surface area contributed by atoms with Crippen LogP contribution in [0.15, 0.2) is 35.5 Å². The molecule has 7 nitrogen and oxygen atoms in total. The number of hydrogen-bond donors (Lipinski definition) is 3. The third kappa shape index (κ3) is 5.11. The van der Waals surface area contributed by atoms with Gasteiger partial charge >= 0.3 is 0 Å². The lowest BCUT2D eigenvalue weighted by atomic mass is 10.0. The Bertz CT molecular complexity index is 904. The molecule has 0 bridgehead atoms. The van der Waals surface area contributed by atoms with Gasteiger partial charge in [0.1, 0.15) is 10.1 Å². The summed E-state index contributed by atoms with van der Waals surface area (Å²) in [6.07, 6.45) is 0.823. The predicted molar refractivity (Wildman–Crippen MR) is 116 cm³/mol. The predicted octanol–water partition coefficient (Wildman–Crippen LogP) is 3.92. The minimum atomic E-state index is -0.244. The van der Waals surface area contributed by atoms with Crippen LogP contribution in [0.5, 0.6) is 0 Å². The topological polar surface area (TPSA) is 106 Å². The number of methoxy groups -OCH3 is 1. The van der Waals surface area contributed by atoms with Crippen molar-refractivity contribution >= 4 is 44.4 Å². The van der Waals surface area contributed by atoms with Crippen molar-refractivity contribution in [2.45, 2.75) is 36.9 Å². The molecule has 28 heavy (non-hydrogen) atoms. The first-order valence-electron chi connectivity index (χ1n) is 9.06. The lowest BCUT2D eigenvalue weighted by Gasteiger charge is -2.20. The minimum Gasteiger partial charge on any atom is -0.394 e. The second-order valence-electron chi connectivity index (χ2n) is 6.81. The van der Waals surface area contributed by atoms with Gasteiger partial charge in [0.15, 0.2) is 21.8 Å². The standard InChI is InChI=1S/C19H25N5O2S2/c1-11(2)9-13(10-25)21-15-14-16(22-18(20)27-14)24-19(23-15)28-17(26-3)12-7-5-4-6-8-12/h4-8,11,13,17,25H,9-10H2,1-3H3,(H3,20,21,22,23,24)/t13?,17-/m1/s1. The summed E-state index contributed by atoms with van der Waals surface area (Å²) in [6.45, 7) is 4.26. The Morgan fingerprint density at radius 1 is 1.21 bits per heavy atom. The highest BCUT2D eigenvalue weighted by Crippen LogP contribution is 2.37. The molecule has 3 aromatic rings. The van der Waals surface area contributed by atoms with Gasteiger partial charge in [-0.2, -0.15) is 0 Å². The lowest BCUT2D eigenvalue weighted by molar-refractivity contribution is 0.175. The van der Waals surface area contributed by atoms with E-state index in [0.29, 0.717) is 27.7 Å². The molecule has 4 N–H and O–H groups in total. The van der Waals surface area contributed by atoms with E-state index in [1.807, 2.05) is 30.3 Å². The van der Waals surface area contributed by atoms with Crippen LogP contribution in [0.4, 0.5) is 10.9 Å². The van der Waals surface area contributed by atoms with E-state index in [1.165, 1.54) is 23.1 Å². The quantitative estimate of drug-likeness (QED) is 0.272. The van der Waals surface area contributed by atoms with Crippen LogP contribution in [-0.4, -0.2) is 39.8 Å². The zero-order valence-electron chi connectivity index (χ0n) is 16.1. The summed E-state index contributed by atoms with van der Waals surface area (Å²) >= 11 is 2.74. The van der Waals surface area contributed by atoms with E-state index in [1.54, 1.807) is 7.11 Å². The van der Waals surface area contributed by atoms with E-state index < -0.39 is 0 Å². The second-order valence-corrected chi connectivity index (χ2v) is 8.87. The monoisotopic (exact) mass is 419 g/mol. The van der Waals surface area contributed by atoms with Crippen LogP contribution in [-0.2, 0) is 4.74 Å². The van der Waals surface area contributed by atoms with Crippen LogP contribution in [0, 0.1) is 5.92 Å². The summed E-state index contributed by atoms with van der Waals surface area (Å²) in [7, 11) is 1.66. The minimum absolute atomic E-state index is 0.0190. The van der Waals surface area contributed by atoms with Crippen LogP contribution >= 0.6 is 23.1 Å². The summed E-state index contributed by atoms with van der Waals surface area (Å²) < 4.78 is 6.42. The van der Waals surface area contributed by atoms with E-state index >= 15 is 0 Å². The molecule has 0 aliphatic carbocycles. The molecule has 2 heterocycles. The number of fused-ring (bicyclic) bond motifs is 1. The second kappa shape index (κ2) is 9.51. The highest BCUT2D eigenvalue weighted by molar-refractivity contribution is 7.99. The number of nitrogens with one attached hydrogen (secondary N) is 1. The van der Waals surface area contributed by atoms with Crippen molar-refractivity contribution in [2.75, 3.05) is 24.8 Å². The Hall–Kier alpha value is -1.94. The molecule has 9 heteroatoms. The molecule has 2 aromatic heterocycles. The maximum Gasteiger partial charge on any atom is 0.194 e. The molecule has 0 aliphatic rings. The Kier molecular flexibility index (Phi) is 7.06. The van der Waals surface area contributed by atoms with Gasteiger partial charge in [-0.1, -0.05) is 55.5 Å². The van der Waals surface area contributed by atoms with Crippen LogP contribution in [0.3, 0.4) is 0 Å². The molecule has 0 spiro atoms. The molecule has 1 unspecified atom stereocenters. The van der Waals surface area contributed by atoms with Crippen molar-refractivity contribution < 1.29 is 9.84 Å². The molecular formula is C19H25N5O2S2. The fourth-order valence-corrected chi connectivity index (χ4v) is 4.46. The first-order valence-corrected chi connectivity index (χ1v) is 10.8. The fourth-order valence-electron chi connectivity index (χ4n) is 2.87. The average Bonchev–Trinajstić information content (AvgIpc) is 3.06. The number of benzene rings is 1. The Labute approximate surface area is 172 Å². The normalized spacial score (nSPS) is 13.8. The SMILES string of the molecule is CO[C@H](Sc1nc(NC(CO)CC(C)C)c2sc(N)nc2n1)c1ccccc1. The number of ether oxygens (including phenoxy) is 1. The number of aromatic nitrogens is 3. The third-order valence-electron chi connectivity index (χ3n) is 4.07. The number of nitrogens with zero attached hydrogens (tertiary/aromatic N) is 3. The van der Waals surface area contributed by atoms with Gasteiger partial charge in [0, 0.05) is 7.11 Å². The number of nitrogen functional groups attached to an aromatic ring is 1. The molecule has 0 aliphatic heterocycles. The smallest absolute Gasteiger partial charge is 0.194 e. The van der Waals surface area contributed by atoms with Gasteiger partial charge in [-0.25, -0.2) is 15.0 Å². The highest BCUT2D eigenvalue weighted by atomic mass is 32.2. The maximum atomic E-state index is 9.75. The van der Waals surface area contributed by atoms with Gasteiger partial charge in [-0.3, -0.25) is 0 Å². The van der Waals surface area contributed by atoms with Crippen molar-refractivity contribution in [3.8, 4) is 0 Å². The number of rotatable bonds is 9. The van der Waals surface area contributed by atoms with E-state index in [2.05, 4.69) is 34.1 Å². The van der Waals surface area contributed by atoms with Crippen molar-refractivity contribution in [1.29, 1.82) is 0 Å². The van der Waals surface area contributed by atoms with Crippen LogP contribution in [0.1, 0.15) is 31.3 Å². The number of aliphatic hydroxyl groups excluding tert-OH is 1. The summed E-state index contributed by atoms with van der Waals surface area (Å²) in [5.74, 6) is 1.09. The molecular weight excluding hydrogens is 394 g/mol. The maximum absolute atomic E-state index is 9.75. The zero-order chi connectivity index (χ0) is 20.1. The average molecular weight is 420 g/mol. The number of thioether (sulfide) groups is 1. The highest BCUT2D eigenvalue weighted by Gasteiger charge is 2.20. The molecule has 0 saturated carbocycles. The number of hydrogen-bond acceptors (Lipinski definition) is 9. The van der Waals surface area contributed by atoms with Crippen LogP contribution < -0.4 is 11.1 Å². The molecule has 3 rings (SSSR count). The number of nitrogens with two attached hydrogens (primary N) is 1. The molecule has 0 fully saturated rings.